The number of nitrogen functional groups attached to an aromatic ring is 1. The molecule has 0 heterocycles. The van der Waals surface area contributed by atoms with Crippen LogP contribution in [0.3, 0.4) is 0 Å². The molecule has 0 aromatic heterocycles. The van der Waals surface area contributed by atoms with Crippen molar-refractivity contribution in [3.05, 3.63) is 63.1 Å². The first-order valence-electron chi connectivity index (χ1n) is 6.08. The van der Waals surface area contributed by atoms with E-state index in [1.165, 1.54) is 0 Å². The Hall–Kier alpha value is -1.52. The van der Waals surface area contributed by atoms with Gasteiger partial charge in [0.1, 0.15) is 0 Å². The molecule has 0 radical (unpaired) electrons. The molecule has 0 saturated heterocycles. The fourth-order valence-electron chi connectivity index (χ4n) is 1.85. The molecule has 0 spiro atoms. The van der Waals surface area contributed by atoms with E-state index >= 15 is 0 Å². The highest BCUT2D eigenvalue weighted by Crippen LogP contribution is 2.20. The van der Waals surface area contributed by atoms with Crippen LogP contribution in [0, 0.1) is 0 Å². The summed E-state index contributed by atoms with van der Waals surface area (Å²) < 4.78 is 0.845. The Kier molecular flexibility index (Phi) is 4.68. The van der Waals surface area contributed by atoms with Gasteiger partial charge in [-0.05, 0) is 42.8 Å². The van der Waals surface area contributed by atoms with E-state index in [-0.39, 0.29) is 11.9 Å². The van der Waals surface area contributed by atoms with Crippen molar-refractivity contribution in [2.45, 2.75) is 13.0 Å². The van der Waals surface area contributed by atoms with E-state index in [0.717, 1.165) is 10.0 Å². The Morgan fingerprint density at radius 3 is 2.50 bits per heavy atom. The zero-order valence-electron chi connectivity index (χ0n) is 10.9. The third-order valence-corrected chi connectivity index (χ3v) is 3.72. The van der Waals surface area contributed by atoms with E-state index in [4.69, 9.17) is 17.3 Å². The molecular formula is C15H14BrClN2O. The summed E-state index contributed by atoms with van der Waals surface area (Å²) in [6.07, 6.45) is 0. The molecule has 0 fully saturated rings. The summed E-state index contributed by atoms with van der Waals surface area (Å²) in [6, 6.07) is 12.4. The standard InChI is InChI=1S/C15H14BrClN2O/c1-9(10-2-5-12(17)6-3-10)19-15(20)13-7-4-11(16)8-14(13)18/h2-9H,18H2,1H3,(H,19,20)/t9-/m1/s1. The van der Waals surface area contributed by atoms with E-state index in [0.29, 0.717) is 16.3 Å². The van der Waals surface area contributed by atoms with E-state index in [9.17, 15) is 4.79 Å². The van der Waals surface area contributed by atoms with Crippen LogP contribution in [-0.4, -0.2) is 5.91 Å². The van der Waals surface area contributed by atoms with Gasteiger partial charge in [-0.15, -0.1) is 0 Å². The van der Waals surface area contributed by atoms with Crippen molar-refractivity contribution >= 4 is 39.1 Å². The van der Waals surface area contributed by atoms with Crippen LogP contribution in [0.15, 0.2) is 46.9 Å². The van der Waals surface area contributed by atoms with Gasteiger partial charge in [0.2, 0.25) is 0 Å². The Morgan fingerprint density at radius 1 is 1.25 bits per heavy atom. The Balaban J connectivity index is 2.13. The molecule has 20 heavy (non-hydrogen) atoms. The van der Waals surface area contributed by atoms with Gasteiger partial charge in [-0.3, -0.25) is 4.79 Å². The monoisotopic (exact) mass is 352 g/mol. The molecule has 0 aliphatic carbocycles. The summed E-state index contributed by atoms with van der Waals surface area (Å²) in [5, 5.41) is 3.59. The number of nitrogens with two attached hydrogens (primary N) is 1. The number of carbonyl (C=O) groups excluding carboxylic acids is 1. The lowest BCUT2D eigenvalue weighted by Gasteiger charge is -2.15. The average Bonchev–Trinajstić information content (AvgIpc) is 2.39. The van der Waals surface area contributed by atoms with Crippen molar-refractivity contribution in [2.75, 3.05) is 5.73 Å². The van der Waals surface area contributed by atoms with Crippen LogP contribution in [0.2, 0.25) is 5.02 Å². The normalized spacial score (nSPS) is 11.9. The quantitative estimate of drug-likeness (QED) is 0.813. The molecule has 3 nitrogen and oxygen atoms in total. The van der Waals surface area contributed by atoms with Gasteiger partial charge < -0.3 is 11.1 Å². The number of amides is 1. The third kappa shape index (κ3) is 3.52. The minimum absolute atomic E-state index is 0.122. The number of hydrogen-bond acceptors (Lipinski definition) is 2. The number of halogens is 2. The molecule has 0 saturated carbocycles. The lowest BCUT2D eigenvalue weighted by atomic mass is 10.1. The predicted molar refractivity (Wildman–Crippen MR) is 85.9 cm³/mol. The van der Waals surface area contributed by atoms with Gasteiger partial charge in [-0.25, -0.2) is 0 Å². The van der Waals surface area contributed by atoms with Crippen LogP contribution >= 0.6 is 27.5 Å². The first kappa shape index (κ1) is 14.9. The topological polar surface area (TPSA) is 55.1 Å². The molecule has 0 aliphatic heterocycles. The van der Waals surface area contributed by atoms with E-state index in [1.54, 1.807) is 30.3 Å². The summed E-state index contributed by atoms with van der Waals surface area (Å²) in [5.74, 6) is -0.197. The smallest absolute Gasteiger partial charge is 0.253 e. The van der Waals surface area contributed by atoms with Gasteiger partial charge in [0.05, 0.1) is 11.6 Å². The molecule has 3 N–H and O–H groups in total. The Labute approximate surface area is 131 Å². The van der Waals surface area contributed by atoms with Gasteiger partial charge in [0.25, 0.3) is 5.91 Å². The second-order valence-electron chi connectivity index (χ2n) is 4.48. The highest BCUT2D eigenvalue weighted by molar-refractivity contribution is 9.10. The number of carbonyl (C=O) groups is 1. The van der Waals surface area contributed by atoms with Gasteiger partial charge in [-0.2, -0.15) is 0 Å². The number of hydrogen-bond donors (Lipinski definition) is 2. The largest absolute Gasteiger partial charge is 0.398 e. The van der Waals surface area contributed by atoms with Gasteiger partial charge in [0.15, 0.2) is 0 Å². The second-order valence-corrected chi connectivity index (χ2v) is 5.83. The van der Waals surface area contributed by atoms with E-state index < -0.39 is 0 Å². The molecule has 0 aliphatic rings. The van der Waals surface area contributed by atoms with Crippen molar-refractivity contribution in [1.82, 2.24) is 5.32 Å². The maximum atomic E-state index is 12.2. The first-order valence-corrected chi connectivity index (χ1v) is 7.26. The van der Waals surface area contributed by atoms with Crippen LogP contribution < -0.4 is 11.1 Å². The average molecular weight is 354 g/mol. The SMILES string of the molecule is C[C@@H](NC(=O)c1ccc(Br)cc1N)c1ccc(Cl)cc1. The summed E-state index contributed by atoms with van der Waals surface area (Å²) >= 11 is 9.16. The highest BCUT2D eigenvalue weighted by Gasteiger charge is 2.13. The lowest BCUT2D eigenvalue weighted by molar-refractivity contribution is 0.0941. The van der Waals surface area contributed by atoms with Gasteiger partial charge in [0, 0.05) is 15.2 Å². The van der Waals surface area contributed by atoms with E-state index in [2.05, 4.69) is 21.2 Å². The summed E-state index contributed by atoms with van der Waals surface area (Å²) in [7, 11) is 0. The number of benzene rings is 2. The summed E-state index contributed by atoms with van der Waals surface area (Å²) in [4.78, 5) is 12.2. The zero-order valence-corrected chi connectivity index (χ0v) is 13.2. The van der Waals surface area contributed by atoms with E-state index in [1.807, 2.05) is 19.1 Å². The molecule has 2 aromatic rings. The zero-order chi connectivity index (χ0) is 14.7. The van der Waals surface area contributed by atoms with Gasteiger partial charge in [-0.1, -0.05) is 39.7 Å². The second kappa shape index (κ2) is 6.29. The molecule has 0 bridgehead atoms. The van der Waals surface area contributed by atoms with Crippen LogP contribution in [0.25, 0.3) is 0 Å². The van der Waals surface area contributed by atoms with Crippen molar-refractivity contribution in [1.29, 1.82) is 0 Å². The van der Waals surface area contributed by atoms with Crippen molar-refractivity contribution in [3.63, 3.8) is 0 Å². The maximum Gasteiger partial charge on any atom is 0.253 e. The van der Waals surface area contributed by atoms with Crippen molar-refractivity contribution in [2.24, 2.45) is 0 Å². The minimum atomic E-state index is -0.197. The fourth-order valence-corrected chi connectivity index (χ4v) is 2.35. The molecular weight excluding hydrogens is 340 g/mol. The molecule has 2 rings (SSSR count). The summed E-state index contributed by atoms with van der Waals surface area (Å²) in [6.45, 7) is 1.91. The van der Waals surface area contributed by atoms with Crippen LogP contribution in [0.5, 0.6) is 0 Å². The Morgan fingerprint density at radius 2 is 1.90 bits per heavy atom. The number of rotatable bonds is 3. The molecule has 104 valence electrons. The third-order valence-electron chi connectivity index (χ3n) is 2.98. The first-order chi connectivity index (χ1) is 9.47. The molecule has 1 atom stereocenters. The fraction of sp³-hybridized carbons (Fsp3) is 0.133. The number of anilines is 1. The minimum Gasteiger partial charge on any atom is -0.398 e. The van der Waals surface area contributed by atoms with Crippen LogP contribution in [-0.2, 0) is 0 Å². The predicted octanol–water partition coefficient (Wildman–Crippen LogP) is 4.18. The lowest BCUT2D eigenvalue weighted by Crippen LogP contribution is -2.27. The molecule has 0 unspecified atom stereocenters. The maximum absolute atomic E-state index is 12.2. The van der Waals surface area contributed by atoms with Crippen LogP contribution in [0.1, 0.15) is 28.9 Å². The number of nitrogens with one attached hydrogen (secondary N) is 1. The summed E-state index contributed by atoms with van der Waals surface area (Å²) in [5.41, 5.74) is 7.74. The van der Waals surface area contributed by atoms with Crippen LogP contribution in [0.4, 0.5) is 5.69 Å². The Bertz CT molecular complexity index is 628. The van der Waals surface area contributed by atoms with Crippen molar-refractivity contribution in [3.8, 4) is 0 Å². The molecule has 1 amide bonds. The highest BCUT2D eigenvalue weighted by atomic mass is 79.9. The van der Waals surface area contributed by atoms with Crippen molar-refractivity contribution < 1.29 is 4.79 Å². The molecule has 2 aromatic carbocycles. The van der Waals surface area contributed by atoms with Gasteiger partial charge >= 0.3 is 0 Å². The molecule has 5 heteroatoms.